The summed E-state index contributed by atoms with van der Waals surface area (Å²) in [5.74, 6) is -0.337. The Hall–Kier alpha value is -3.92. The predicted molar refractivity (Wildman–Crippen MR) is 122 cm³/mol. The maximum absolute atomic E-state index is 12.3. The average molecular weight is 455 g/mol. The first-order valence-corrected chi connectivity index (χ1v) is 10.0. The number of thiocarbonyl (C=S) groups is 1. The number of carbonyl (C=O) groups excluding carboxylic acids is 3. The molecular formula is C22H21N3O6S. The van der Waals surface area contributed by atoms with Crippen molar-refractivity contribution >= 4 is 46.8 Å². The lowest BCUT2D eigenvalue weighted by molar-refractivity contribution is -0.123. The summed E-state index contributed by atoms with van der Waals surface area (Å²) in [6.45, 7) is 1.88. The van der Waals surface area contributed by atoms with E-state index in [1.807, 2.05) is 0 Å². The van der Waals surface area contributed by atoms with Crippen LogP contribution < -0.4 is 30.2 Å². The molecule has 0 radical (unpaired) electrons. The Kier molecular flexibility index (Phi) is 7.40. The minimum absolute atomic E-state index is 0.0395. The molecule has 1 fully saturated rings. The van der Waals surface area contributed by atoms with Gasteiger partial charge in [-0.15, -0.1) is 0 Å². The van der Waals surface area contributed by atoms with Crippen LogP contribution in [0.25, 0.3) is 6.08 Å². The third kappa shape index (κ3) is 5.61. The van der Waals surface area contributed by atoms with E-state index in [2.05, 4.69) is 16.0 Å². The Morgan fingerprint density at radius 1 is 1.03 bits per heavy atom. The van der Waals surface area contributed by atoms with Gasteiger partial charge in [-0.3, -0.25) is 25.0 Å². The predicted octanol–water partition coefficient (Wildman–Crippen LogP) is 2.03. The molecule has 166 valence electrons. The molecule has 0 unspecified atom stereocenters. The highest BCUT2D eigenvalue weighted by Gasteiger charge is 2.25. The Labute approximate surface area is 189 Å². The second-order valence-corrected chi connectivity index (χ2v) is 6.88. The second-order valence-electron chi connectivity index (χ2n) is 6.47. The summed E-state index contributed by atoms with van der Waals surface area (Å²) in [5, 5.41) is 7.43. The van der Waals surface area contributed by atoms with Crippen molar-refractivity contribution in [2.24, 2.45) is 0 Å². The molecule has 1 aliphatic heterocycles. The first kappa shape index (κ1) is 22.8. The summed E-state index contributed by atoms with van der Waals surface area (Å²) in [6, 6.07) is 11.9. The number of rotatable bonds is 8. The minimum Gasteiger partial charge on any atom is -0.495 e. The van der Waals surface area contributed by atoms with E-state index in [0.29, 0.717) is 35.1 Å². The van der Waals surface area contributed by atoms with Crippen LogP contribution in [0.1, 0.15) is 12.5 Å². The van der Waals surface area contributed by atoms with Gasteiger partial charge >= 0.3 is 0 Å². The maximum Gasteiger partial charge on any atom is 0.263 e. The molecule has 3 N–H and O–H groups in total. The monoisotopic (exact) mass is 455 g/mol. The molecule has 9 nitrogen and oxygen atoms in total. The molecule has 0 aliphatic carbocycles. The molecule has 32 heavy (non-hydrogen) atoms. The summed E-state index contributed by atoms with van der Waals surface area (Å²) in [5.41, 5.74) is 0.970. The molecule has 0 bridgehead atoms. The molecular weight excluding hydrogens is 434 g/mol. The van der Waals surface area contributed by atoms with Gasteiger partial charge in [0.05, 0.1) is 19.4 Å². The van der Waals surface area contributed by atoms with Crippen LogP contribution in [0.2, 0.25) is 0 Å². The van der Waals surface area contributed by atoms with Gasteiger partial charge in [-0.2, -0.15) is 0 Å². The molecule has 1 saturated heterocycles. The highest BCUT2D eigenvalue weighted by Crippen LogP contribution is 2.30. The molecule has 3 amide bonds. The second kappa shape index (κ2) is 10.4. The van der Waals surface area contributed by atoms with Crippen molar-refractivity contribution in [1.82, 2.24) is 10.6 Å². The normalized spacial score (nSPS) is 13.1. The standard InChI is InChI=1S/C22H21N3O6S/c1-3-30-18-11-13(10-14-20(27)24-22(32)25-21(14)28)8-9-17(18)31-12-19(26)23-15-6-4-5-7-16(15)29-2/h4-11H,3,12H2,1-2H3,(H,23,26)(H2,24,25,27,28,32). The highest BCUT2D eigenvalue weighted by atomic mass is 32.1. The van der Waals surface area contributed by atoms with E-state index in [4.69, 9.17) is 26.4 Å². The van der Waals surface area contributed by atoms with E-state index in [1.54, 1.807) is 49.4 Å². The first-order chi connectivity index (χ1) is 15.4. The van der Waals surface area contributed by atoms with Gasteiger partial charge in [0.25, 0.3) is 17.7 Å². The van der Waals surface area contributed by atoms with Crippen molar-refractivity contribution < 1.29 is 28.6 Å². The topological polar surface area (TPSA) is 115 Å². The van der Waals surface area contributed by atoms with E-state index in [1.165, 1.54) is 13.2 Å². The number of nitrogens with one attached hydrogen (secondary N) is 3. The van der Waals surface area contributed by atoms with Crippen LogP contribution in [0, 0.1) is 0 Å². The third-order valence-electron chi connectivity index (χ3n) is 4.26. The minimum atomic E-state index is -0.593. The molecule has 1 heterocycles. The van der Waals surface area contributed by atoms with Crippen LogP contribution >= 0.6 is 12.2 Å². The van der Waals surface area contributed by atoms with Gasteiger partial charge in [-0.25, -0.2) is 0 Å². The largest absolute Gasteiger partial charge is 0.495 e. The van der Waals surface area contributed by atoms with E-state index in [0.717, 1.165) is 0 Å². The van der Waals surface area contributed by atoms with E-state index in [-0.39, 0.29) is 23.2 Å². The quantitative estimate of drug-likeness (QED) is 0.317. The third-order valence-corrected chi connectivity index (χ3v) is 4.47. The van der Waals surface area contributed by atoms with Gasteiger partial charge in [-0.1, -0.05) is 18.2 Å². The summed E-state index contributed by atoms with van der Waals surface area (Å²) in [6.07, 6.45) is 1.41. The maximum atomic E-state index is 12.3. The number of ether oxygens (including phenoxy) is 3. The van der Waals surface area contributed by atoms with Crippen LogP contribution in [0.5, 0.6) is 17.2 Å². The summed E-state index contributed by atoms with van der Waals surface area (Å²) < 4.78 is 16.4. The number of anilines is 1. The van der Waals surface area contributed by atoms with Crippen molar-refractivity contribution in [2.45, 2.75) is 6.92 Å². The fourth-order valence-electron chi connectivity index (χ4n) is 2.85. The molecule has 0 atom stereocenters. The Morgan fingerprint density at radius 3 is 2.44 bits per heavy atom. The number of benzene rings is 2. The zero-order chi connectivity index (χ0) is 23.1. The molecule has 2 aromatic rings. The van der Waals surface area contributed by atoms with Crippen molar-refractivity contribution in [2.75, 3.05) is 25.6 Å². The molecule has 1 aliphatic rings. The van der Waals surface area contributed by atoms with Crippen LogP contribution in [0.4, 0.5) is 5.69 Å². The number of amides is 3. The average Bonchev–Trinajstić information content (AvgIpc) is 2.76. The van der Waals surface area contributed by atoms with Crippen molar-refractivity contribution in [3.63, 3.8) is 0 Å². The fraction of sp³-hybridized carbons (Fsp3) is 0.182. The number of methoxy groups -OCH3 is 1. The van der Waals surface area contributed by atoms with E-state index >= 15 is 0 Å². The van der Waals surface area contributed by atoms with E-state index < -0.39 is 11.8 Å². The van der Waals surface area contributed by atoms with Gasteiger partial charge in [0.2, 0.25) is 0 Å². The summed E-state index contributed by atoms with van der Waals surface area (Å²) >= 11 is 4.79. The highest BCUT2D eigenvalue weighted by molar-refractivity contribution is 7.80. The van der Waals surface area contributed by atoms with Gasteiger partial charge in [-0.05, 0) is 55.0 Å². The Bertz CT molecular complexity index is 1080. The number of hydrogen-bond donors (Lipinski definition) is 3. The van der Waals surface area contributed by atoms with Crippen molar-refractivity contribution in [3.05, 3.63) is 53.6 Å². The molecule has 10 heteroatoms. The van der Waals surface area contributed by atoms with Crippen LogP contribution in [0.3, 0.4) is 0 Å². The van der Waals surface area contributed by atoms with Crippen LogP contribution in [-0.2, 0) is 14.4 Å². The van der Waals surface area contributed by atoms with Gasteiger partial charge < -0.3 is 19.5 Å². The van der Waals surface area contributed by atoms with Gasteiger partial charge in [0.1, 0.15) is 11.3 Å². The lowest BCUT2D eigenvalue weighted by Crippen LogP contribution is -2.51. The van der Waals surface area contributed by atoms with Crippen molar-refractivity contribution in [3.8, 4) is 17.2 Å². The Morgan fingerprint density at radius 2 is 1.75 bits per heavy atom. The summed E-state index contributed by atoms with van der Waals surface area (Å²) in [4.78, 5) is 36.4. The fourth-order valence-corrected chi connectivity index (χ4v) is 3.04. The summed E-state index contributed by atoms with van der Waals surface area (Å²) in [7, 11) is 1.52. The van der Waals surface area contributed by atoms with Gasteiger partial charge in [0, 0.05) is 0 Å². The number of hydrogen-bond acceptors (Lipinski definition) is 7. The smallest absolute Gasteiger partial charge is 0.263 e. The SMILES string of the molecule is CCOc1cc(C=C2C(=O)NC(=S)NC2=O)ccc1OCC(=O)Nc1ccccc1OC. The number of para-hydroxylation sites is 2. The van der Waals surface area contributed by atoms with E-state index in [9.17, 15) is 14.4 Å². The van der Waals surface area contributed by atoms with Crippen LogP contribution in [0.15, 0.2) is 48.0 Å². The zero-order valence-electron chi connectivity index (χ0n) is 17.4. The molecule has 0 aromatic heterocycles. The Balaban J connectivity index is 1.73. The molecule has 0 saturated carbocycles. The molecule has 2 aromatic carbocycles. The van der Waals surface area contributed by atoms with Crippen molar-refractivity contribution in [1.29, 1.82) is 0 Å². The first-order valence-electron chi connectivity index (χ1n) is 9.62. The lowest BCUT2D eigenvalue weighted by atomic mass is 10.1. The lowest BCUT2D eigenvalue weighted by Gasteiger charge is -2.17. The molecule has 0 spiro atoms. The zero-order valence-corrected chi connectivity index (χ0v) is 18.2. The number of carbonyl (C=O) groups is 3. The van der Waals surface area contributed by atoms with Gasteiger partial charge in [0.15, 0.2) is 23.2 Å². The van der Waals surface area contributed by atoms with Crippen LogP contribution in [-0.4, -0.2) is 43.2 Å². The molecule has 3 rings (SSSR count).